The number of hydrazine groups is 1. The molecule has 0 spiro atoms. The second-order valence-electron chi connectivity index (χ2n) is 5.11. The van der Waals surface area contributed by atoms with E-state index in [1.165, 1.54) is 5.01 Å². The van der Waals surface area contributed by atoms with Gasteiger partial charge in [0.05, 0.1) is 24.5 Å². The first-order valence-corrected chi connectivity index (χ1v) is 6.90. The van der Waals surface area contributed by atoms with Crippen LogP contribution in [-0.2, 0) is 0 Å². The Labute approximate surface area is 128 Å². The molecular weight excluding hydrogens is 276 g/mol. The van der Waals surface area contributed by atoms with E-state index in [2.05, 4.69) is 16.5 Å². The van der Waals surface area contributed by atoms with Crippen LogP contribution in [0.5, 0.6) is 5.75 Å². The monoisotopic (exact) mass is 294 g/mol. The summed E-state index contributed by atoms with van der Waals surface area (Å²) in [6.07, 6.45) is 5.36. The Balaban J connectivity index is 2.23. The van der Waals surface area contributed by atoms with E-state index in [0.29, 0.717) is 0 Å². The fraction of sp³-hybridized carbons (Fsp3) is 0.118. The number of nitrogens with one attached hydrogen (secondary N) is 1. The van der Waals surface area contributed by atoms with Gasteiger partial charge in [0.15, 0.2) is 0 Å². The lowest BCUT2D eigenvalue weighted by molar-refractivity contribution is 0.415. The van der Waals surface area contributed by atoms with E-state index in [0.717, 1.165) is 38.8 Å². The van der Waals surface area contributed by atoms with Gasteiger partial charge < -0.3 is 14.7 Å². The predicted octanol–water partition coefficient (Wildman–Crippen LogP) is 3.06. The van der Waals surface area contributed by atoms with Gasteiger partial charge >= 0.3 is 0 Å². The van der Waals surface area contributed by atoms with Crippen LogP contribution in [0.2, 0.25) is 0 Å². The van der Waals surface area contributed by atoms with Gasteiger partial charge in [-0.25, -0.2) is 5.84 Å². The van der Waals surface area contributed by atoms with Crippen molar-refractivity contribution in [2.45, 2.75) is 0 Å². The summed E-state index contributed by atoms with van der Waals surface area (Å²) in [4.78, 5) is 7.84. The Morgan fingerprint density at radius 1 is 1.32 bits per heavy atom. The maximum absolute atomic E-state index is 5.69. The Kier molecular flexibility index (Phi) is 3.56. The zero-order valence-corrected chi connectivity index (χ0v) is 12.6. The minimum absolute atomic E-state index is 0.823. The van der Waals surface area contributed by atoms with Crippen LogP contribution < -0.4 is 10.6 Å². The number of aromatic amines is 1. The molecule has 22 heavy (non-hydrogen) atoms. The van der Waals surface area contributed by atoms with E-state index in [1.54, 1.807) is 26.4 Å². The summed E-state index contributed by atoms with van der Waals surface area (Å²) in [6, 6.07) is 7.99. The number of ether oxygens (including phenoxy) is 1. The van der Waals surface area contributed by atoms with Crippen molar-refractivity contribution in [2.24, 2.45) is 5.84 Å². The number of allylic oxidation sites excluding steroid dienone is 2. The first-order valence-electron chi connectivity index (χ1n) is 6.90. The zero-order chi connectivity index (χ0) is 15.7. The lowest BCUT2D eigenvalue weighted by Crippen LogP contribution is -2.19. The van der Waals surface area contributed by atoms with E-state index >= 15 is 0 Å². The molecule has 0 bridgehead atoms. The molecule has 0 aliphatic carbocycles. The van der Waals surface area contributed by atoms with Crippen molar-refractivity contribution in [1.82, 2.24) is 15.0 Å². The Morgan fingerprint density at radius 3 is 2.77 bits per heavy atom. The minimum Gasteiger partial charge on any atom is -0.497 e. The van der Waals surface area contributed by atoms with Crippen LogP contribution in [-0.4, -0.2) is 29.1 Å². The van der Waals surface area contributed by atoms with Gasteiger partial charge in [0.2, 0.25) is 0 Å². The molecule has 0 saturated heterocycles. The van der Waals surface area contributed by atoms with Gasteiger partial charge in [-0.1, -0.05) is 12.7 Å². The molecule has 0 unspecified atom stereocenters. The quantitative estimate of drug-likeness (QED) is 0.441. The summed E-state index contributed by atoms with van der Waals surface area (Å²) in [6.45, 7) is 3.83. The Morgan fingerprint density at radius 2 is 2.09 bits per heavy atom. The number of H-pyrrole nitrogens is 1. The maximum Gasteiger partial charge on any atom is 0.119 e. The van der Waals surface area contributed by atoms with Crippen molar-refractivity contribution in [3.63, 3.8) is 0 Å². The fourth-order valence-corrected chi connectivity index (χ4v) is 2.51. The third-order valence-corrected chi connectivity index (χ3v) is 3.55. The van der Waals surface area contributed by atoms with Crippen molar-refractivity contribution in [3.05, 3.63) is 55.0 Å². The van der Waals surface area contributed by atoms with Gasteiger partial charge in [0.25, 0.3) is 0 Å². The van der Waals surface area contributed by atoms with E-state index < -0.39 is 0 Å². The average molecular weight is 294 g/mol. The van der Waals surface area contributed by atoms with Crippen LogP contribution in [0.4, 0.5) is 0 Å². The van der Waals surface area contributed by atoms with Gasteiger partial charge in [-0.2, -0.15) is 0 Å². The number of pyridine rings is 1. The van der Waals surface area contributed by atoms with Crippen molar-refractivity contribution in [1.29, 1.82) is 0 Å². The highest BCUT2D eigenvalue weighted by atomic mass is 16.5. The second kappa shape index (κ2) is 5.54. The third-order valence-electron chi connectivity index (χ3n) is 3.55. The molecule has 0 fully saturated rings. The molecule has 5 heteroatoms. The van der Waals surface area contributed by atoms with Crippen LogP contribution >= 0.6 is 0 Å². The highest BCUT2D eigenvalue weighted by molar-refractivity contribution is 6.08. The molecule has 3 rings (SSSR count). The lowest BCUT2D eigenvalue weighted by Gasteiger charge is -2.08. The highest BCUT2D eigenvalue weighted by Gasteiger charge is 2.09. The molecule has 2 aromatic heterocycles. The molecule has 0 atom stereocenters. The lowest BCUT2D eigenvalue weighted by atomic mass is 10.1. The van der Waals surface area contributed by atoms with Crippen LogP contribution in [0, 0.1) is 0 Å². The number of fused-ring (bicyclic) bond motifs is 3. The summed E-state index contributed by atoms with van der Waals surface area (Å²) in [5.41, 5.74) is 3.72. The third kappa shape index (κ3) is 2.42. The number of nitrogens with zero attached hydrogens (tertiary/aromatic N) is 2. The molecule has 0 amide bonds. The molecule has 112 valence electrons. The van der Waals surface area contributed by atoms with E-state index in [1.807, 2.05) is 30.5 Å². The first-order chi connectivity index (χ1) is 10.6. The van der Waals surface area contributed by atoms with Gasteiger partial charge in [-0.15, -0.1) is 0 Å². The zero-order valence-electron chi connectivity index (χ0n) is 12.6. The van der Waals surface area contributed by atoms with Gasteiger partial charge in [0.1, 0.15) is 5.75 Å². The fourth-order valence-electron chi connectivity index (χ4n) is 2.51. The largest absolute Gasteiger partial charge is 0.497 e. The number of methoxy groups -OCH3 is 1. The highest BCUT2D eigenvalue weighted by Crippen LogP contribution is 2.30. The topological polar surface area (TPSA) is 67.2 Å². The molecule has 0 saturated carbocycles. The Bertz CT molecular complexity index is 877. The summed E-state index contributed by atoms with van der Waals surface area (Å²) in [7, 11) is 3.43. The van der Waals surface area contributed by atoms with Crippen molar-refractivity contribution >= 4 is 27.4 Å². The molecule has 0 aliphatic rings. The van der Waals surface area contributed by atoms with Gasteiger partial charge in [-0.3, -0.25) is 4.98 Å². The number of rotatable bonds is 4. The van der Waals surface area contributed by atoms with Crippen LogP contribution in [0.15, 0.2) is 49.3 Å². The van der Waals surface area contributed by atoms with Gasteiger partial charge in [-0.05, 0) is 24.3 Å². The maximum atomic E-state index is 5.69. The van der Waals surface area contributed by atoms with E-state index in [9.17, 15) is 0 Å². The number of hydrogen-bond acceptors (Lipinski definition) is 4. The number of hydrogen-bond donors (Lipinski definition) is 2. The summed E-state index contributed by atoms with van der Waals surface area (Å²) in [5.74, 6) is 6.51. The number of aromatic nitrogens is 2. The van der Waals surface area contributed by atoms with Crippen molar-refractivity contribution in [2.75, 3.05) is 14.2 Å². The second-order valence-corrected chi connectivity index (χ2v) is 5.11. The summed E-state index contributed by atoms with van der Waals surface area (Å²) < 4.78 is 5.31. The minimum atomic E-state index is 0.823. The average Bonchev–Trinajstić information content (AvgIpc) is 2.89. The predicted molar refractivity (Wildman–Crippen MR) is 90.3 cm³/mol. The molecule has 5 nitrogen and oxygen atoms in total. The first kappa shape index (κ1) is 14.2. The summed E-state index contributed by atoms with van der Waals surface area (Å²) >= 11 is 0. The number of benzene rings is 1. The van der Waals surface area contributed by atoms with Crippen LogP contribution in [0.25, 0.3) is 27.4 Å². The molecule has 2 heterocycles. The molecule has 3 aromatic rings. The van der Waals surface area contributed by atoms with E-state index in [-0.39, 0.29) is 0 Å². The Hall–Kier alpha value is -2.79. The number of nitrogens with two attached hydrogens (primary N) is 1. The smallest absolute Gasteiger partial charge is 0.119 e. The molecular formula is C17H18N4O. The molecule has 1 aromatic carbocycles. The van der Waals surface area contributed by atoms with Crippen LogP contribution in [0.1, 0.15) is 5.69 Å². The van der Waals surface area contributed by atoms with Crippen molar-refractivity contribution < 1.29 is 4.74 Å². The van der Waals surface area contributed by atoms with Gasteiger partial charge in [0, 0.05) is 35.1 Å². The molecule has 0 aliphatic heterocycles. The SMILES string of the molecule is C=C/C(=C\N(C)N)c1cc2c(cn1)[nH]c1ccc(OC)cc12. The van der Waals surface area contributed by atoms with Crippen molar-refractivity contribution in [3.8, 4) is 5.75 Å². The molecule has 3 N–H and O–H groups in total. The normalized spacial score (nSPS) is 11.9. The standard InChI is InChI=1S/C17H18N4O/c1-4-11(10-21(2)18)16-8-14-13-7-12(22-3)5-6-15(13)20-17(14)9-19-16/h4-10,20H,1,18H2,2-3H3/b11-10+. The van der Waals surface area contributed by atoms with Crippen LogP contribution in [0.3, 0.4) is 0 Å². The summed E-state index contributed by atoms with van der Waals surface area (Å²) in [5, 5.41) is 3.68. The molecule has 0 radical (unpaired) electrons. The van der Waals surface area contributed by atoms with E-state index in [4.69, 9.17) is 10.6 Å².